The van der Waals surface area contributed by atoms with Crippen LogP contribution in [0.15, 0.2) is 68.0 Å². The number of ether oxygens (including phenoxy) is 5. The molecule has 0 N–H and O–H groups in total. The van der Waals surface area contributed by atoms with Gasteiger partial charge in [0.25, 0.3) is 5.56 Å². The van der Waals surface area contributed by atoms with Gasteiger partial charge in [-0.15, -0.1) is 0 Å². The van der Waals surface area contributed by atoms with Crippen LogP contribution < -0.4 is 33.8 Å². The smallest absolute Gasteiger partial charge is 0.338 e. The third kappa shape index (κ3) is 7.21. The van der Waals surface area contributed by atoms with Crippen LogP contribution >= 0.6 is 73.1 Å². The number of carbonyl (C=O) groups is 1. The third-order valence-electron chi connectivity index (χ3n) is 7.23. The lowest BCUT2D eigenvalue weighted by atomic mass is 9.95. The average molecular weight is 874 g/mol. The summed E-state index contributed by atoms with van der Waals surface area (Å²) in [6.07, 6.45) is 1.77. The zero-order chi connectivity index (χ0) is 34.0. The Morgan fingerprint density at radius 3 is 2.40 bits per heavy atom. The molecule has 2 heterocycles. The molecule has 47 heavy (non-hydrogen) atoms. The Hall–Kier alpha value is -3.04. The van der Waals surface area contributed by atoms with Crippen LogP contribution in [-0.2, 0) is 16.1 Å². The maximum absolute atomic E-state index is 14.2. The summed E-state index contributed by atoms with van der Waals surface area (Å²) < 4.78 is 31.5. The lowest BCUT2D eigenvalue weighted by molar-refractivity contribution is -0.139. The van der Waals surface area contributed by atoms with Crippen LogP contribution in [0.4, 0.5) is 0 Å². The van der Waals surface area contributed by atoms with Crippen molar-refractivity contribution in [1.29, 1.82) is 0 Å². The fourth-order valence-electron chi connectivity index (χ4n) is 5.06. The molecule has 246 valence electrons. The normalized spacial score (nSPS) is 14.4. The van der Waals surface area contributed by atoms with Crippen molar-refractivity contribution in [3.8, 4) is 23.0 Å². The summed E-state index contributed by atoms with van der Waals surface area (Å²) in [4.78, 5) is 32.6. The fraction of sp³-hybridized carbons (Fsp3) is 0.242. The van der Waals surface area contributed by atoms with E-state index in [-0.39, 0.29) is 24.3 Å². The van der Waals surface area contributed by atoms with E-state index < -0.39 is 12.0 Å². The monoisotopic (exact) mass is 872 g/mol. The summed E-state index contributed by atoms with van der Waals surface area (Å²) in [6.45, 7) is 3.86. The molecule has 9 nitrogen and oxygen atoms in total. The van der Waals surface area contributed by atoms with Gasteiger partial charge in [-0.2, -0.15) is 0 Å². The van der Waals surface area contributed by atoms with Gasteiger partial charge in [-0.1, -0.05) is 56.5 Å². The number of hydrogen-bond acceptors (Lipinski definition) is 9. The molecule has 1 aromatic heterocycles. The van der Waals surface area contributed by atoms with Crippen LogP contribution in [-0.4, -0.2) is 38.5 Å². The number of allylic oxidation sites excluding steroid dienone is 1. The third-order valence-corrected chi connectivity index (χ3v) is 10.4. The summed E-state index contributed by atoms with van der Waals surface area (Å²) >= 11 is 19.2. The van der Waals surface area contributed by atoms with Gasteiger partial charge in [0, 0.05) is 4.47 Å². The second kappa shape index (κ2) is 15.0. The van der Waals surface area contributed by atoms with Crippen molar-refractivity contribution < 1.29 is 28.5 Å². The van der Waals surface area contributed by atoms with E-state index in [4.69, 9.17) is 46.9 Å². The Morgan fingerprint density at radius 1 is 1.04 bits per heavy atom. The van der Waals surface area contributed by atoms with E-state index in [1.54, 1.807) is 57.4 Å². The van der Waals surface area contributed by atoms with Crippen LogP contribution in [0.5, 0.6) is 23.0 Å². The number of benzene rings is 3. The van der Waals surface area contributed by atoms with Gasteiger partial charge in [-0.05, 0) is 95.6 Å². The van der Waals surface area contributed by atoms with Crippen molar-refractivity contribution >= 4 is 85.1 Å². The Kier molecular flexibility index (Phi) is 11.3. The van der Waals surface area contributed by atoms with Crippen LogP contribution in [0.25, 0.3) is 6.08 Å². The van der Waals surface area contributed by atoms with Gasteiger partial charge < -0.3 is 23.7 Å². The molecule has 0 spiro atoms. The van der Waals surface area contributed by atoms with Gasteiger partial charge in [-0.3, -0.25) is 9.36 Å². The summed E-state index contributed by atoms with van der Waals surface area (Å²) in [5, 5.41) is 0.906. The topological polar surface area (TPSA) is 97.6 Å². The predicted octanol–water partition coefficient (Wildman–Crippen LogP) is 7.08. The number of methoxy groups -OCH3 is 3. The quantitative estimate of drug-likeness (QED) is 0.124. The molecule has 0 aliphatic carbocycles. The summed E-state index contributed by atoms with van der Waals surface area (Å²) in [5.74, 6) is 1.40. The molecule has 0 bridgehead atoms. The Bertz CT molecular complexity index is 2100. The average Bonchev–Trinajstić information content (AvgIpc) is 3.34. The minimum absolute atomic E-state index is 0.160. The predicted molar refractivity (Wildman–Crippen MR) is 194 cm³/mol. The van der Waals surface area contributed by atoms with Crippen LogP contribution in [0.1, 0.15) is 36.6 Å². The van der Waals surface area contributed by atoms with Crippen LogP contribution in [0, 0.1) is 3.57 Å². The molecule has 0 saturated heterocycles. The standard InChI is InChI=1S/C33H28BrCl2IN2O7S/c1-6-45-32(41)28-16(2)38-33-39(29(28)19-13-24(42-3)25(43-4)14-20(19)34)31(40)27(47-33)12-18-10-23(37)30(26(11-18)44-5)46-15-17-7-8-21(35)22(36)9-17/h7-14,29H,6,15H2,1-5H3/b27-12-/t29-/m0/s1. The first-order chi connectivity index (χ1) is 22.5. The number of esters is 1. The molecule has 1 atom stereocenters. The number of rotatable bonds is 10. The minimum Gasteiger partial charge on any atom is -0.493 e. The summed E-state index contributed by atoms with van der Waals surface area (Å²) in [5.41, 5.74) is 2.52. The molecule has 14 heteroatoms. The van der Waals surface area contributed by atoms with Gasteiger partial charge in [0.1, 0.15) is 6.61 Å². The van der Waals surface area contributed by atoms with Crippen molar-refractivity contribution in [3.63, 3.8) is 0 Å². The molecular formula is C33H28BrCl2IN2O7S. The van der Waals surface area contributed by atoms with Crippen molar-refractivity contribution in [2.45, 2.75) is 26.5 Å². The molecule has 5 rings (SSSR count). The van der Waals surface area contributed by atoms with E-state index in [1.807, 2.05) is 12.1 Å². The second-order valence-corrected chi connectivity index (χ2v) is 13.9. The van der Waals surface area contributed by atoms with Gasteiger partial charge >= 0.3 is 5.97 Å². The van der Waals surface area contributed by atoms with Crippen LogP contribution in [0.3, 0.4) is 0 Å². The van der Waals surface area contributed by atoms with Crippen molar-refractivity contribution in [1.82, 2.24) is 4.57 Å². The molecular weight excluding hydrogens is 846 g/mol. The van der Waals surface area contributed by atoms with Gasteiger partial charge in [0.2, 0.25) is 0 Å². The minimum atomic E-state index is -0.853. The largest absolute Gasteiger partial charge is 0.493 e. The Morgan fingerprint density at radius 2 is 1.74 bits per heavy atom. The molecule has 0 saturated carbocycles. The number of hydrogen-bond donors (Lipinski definition) is 0. The molecule has 0 amide bonds. The number of aromatic nitrogens is 1. The number of fused-ring (bicyclic) bond motifs is 1. The Labute approximate surface area is 306 Å². The molecule has 0 radical (unpaired) electrons. The van der Waals surface area contributed by atoms with Crippen molar-refractivity contribution in [2.75, 3.05) is 27.9 Å². The number of thiazole rings is 1. The highest BCUT2D eigenvalue weighted by molar-refractivity contribution is 14.1. The first-order valence-electron chi connectivity index (χ1n) is 14.1. The molecule has 0 fully saturated rings. The maximum atomic E-state index is 14.2. The van der Waals surface area contributed by atoms with E-state index in [1.165, 1.54) is 30.1 Å². The first kappa shape index (κ1) is 35.3. The van der Waals surface area contributed by atoms with Crippen molar-refractivity contribution in [2.24, 2.45) is 4.99 Å². The SMILES string of the molecule is CCOC(=O)C1=C(C)N=c2s/c(=C\c3cc(I)c(OCc4ccc(Cl)c(Cl)c4)c(OC)c3)c(=O)n2[C@H]1c1cc(OC)c(OC)cc1Br. The van der Waals surface area contributed by atoms with Gasteiger partial charge in [0.15, 0.2) is 27.8 Å². The highest BCUT2D eigenvalue weighted by atomic mass is 127. The first-order valence-corrected chi connectivity index (χ1v) is 17.5. The summed E-state index contributed by atoms with van der Waals surface area (Å²) in [6, 6.07) is 11.6. The zero-order valence-corrected chi connectivity index (χ0v) is 31.9. The lowest BCUT2D eigenvalue weighted by Gasteiger charge is -2.26. The number of nitrogens with zero attached hydrogens (tertiary/aromatic N) is 2. The molecule has 1 aliphatic heterocycles. The summed E-state index contributed by atoms with van der Waals surface area (Å²) in [7, 11) is 4.61. The molecule has 3 aromatic carbocycles. The van der Waals surface area contributed by atoms with Crippen molar-refractivity contribution in [3.05, 3.63) is 108 Å². The van der Waals surface area contributed by atoms with E-state index >= 15 is 0 Å². The Balaban J connectivity index is 1.61. The van der Waals surface area contributed by atoms with Gasteiger partial charge in [0.05, 0.1) is 63.4 Å². The number of halogens is 4. The van der Waals surface area contributed by atoms with E-state index in [9.17, 15) is 9.59 Å². The molecule has 4 aromatic rings. The molecule has 1 aliphatic rings. The van der Waals surface area contributed by atoms with Crippen LogP contribution in [0.2, 0.25) is 10.0 Å². The maximum Gasteiger partial charge on any atom is 0.338 e. The lowest BCUT2D eigenvalue weighted by Crippen LogP contribution is -2.40. The fourth-order valence-corrected chi connectivity index (χ4v) is 7.75. The van der Waals surface area contributed by atoms with Gasteiger partial charge in [-0.25, -0.2) is 9.79 Å². The van der Waals surface area contributed by atoms with E-state index in [0.717, 1.165) is 9.13 Å². The number of carbonyl (C=O) groups excluding carboxylic acids is 1. The molecule has 0 unspecified atom stereocenters. The zero-order valence-electron chi connectivity index (χ0n) is 25.8. The second-order valence-electron chi connectivity index (χ2n) is 10.1. The van der Waals surface area contributed by atoms with E-state index in [2.05, 4.69) is 43.5 Å². The highest BCUT2D eigenvalue weighted by Crippen LogP contribution is 2.41. The van der Waals surface area contributed by atoms with E-state index in [0.29, 0.717) is 63.7 Å². The highest BCUT2D eigenvalue weighted by Gasteiger charge is 2.35.